The molecule has 0 radical (unpaired) electrons. The van der Waals surface area contributed by atoms with Gasteiger partial charge in [-0.1, -0.05) is 106 Å². The summed E-state index contributed by atoms with van der Waals surface area (Å²) in [6.45, 7) is 0. The van der Waals surface area contributed by atoms with Crippen molar-refractivity contribution in [3.05, 3.63) is 168 Å². The summed E-state index contributed by atoms with van der Waals surface area (Å²) in [6.07, 6.45) is 4.53. The first-order valence-corrected chi connectivity index (χ1v) is 20.3. The molecule has 1 spiro atoms. The molecule has 1 aliphatic carbocycles. The molecule has 2 heterocycles. The van der Waals surface area contributed by atoms with E-state index in [2.05, 4.69) is 36.4 Å². The molecule has 0 aromatic heterocycles. The average Bonchev–Trinajstić information content (AvgIpc) is 3.16. The summed E-state index contributed by atoms with van der Waals surface area (Å²) < 4.78 is 71.6. The van der Waals surface area contributed by atoms with E-state index in [4.69, 9.17) is 9.47 Å². The van der Waals surface area contributed by atoms with Crippen LogP contribution in [-0.4, -0.2) is 5.79 Å². The fourth-order valence-corrected chi connectivity index (χ4v) is 13.1. The Morgan fingerprint density at radius 2 is 0.759 bits per heavy atom. The van der Waals surface area contributed by atoms with Gasteiger partial charge in [0.15, 0.2) is 0 Å². The number of fused-ring (bicyclic) bond motifs is 2. The van der Waals surface area contributed by atoms with Crippen LogP contribution in [-0.2, 0) is 12.8 Å². The third kappa shape index (κ3) is 6.73. The Labute approximate surface area is 317 Å². The molecule has 9 rings (SSSR count). The van der Waals surface area contributed by atoms with Crippen molar-refractivity contribution in [2.45, 2.75) is 52.7 Å². The zero-order valence-corrected chi connectivity index (χ0v) is 29.9. The van der Waals surface area contributed by atoms with Crippen molar-refractivity contribution in [2.24, 2.45) is 11.8 Å². The molecule has 2 atom stereocenters. The lowest BCUT2D eigenvalue weighted by Gasteiger charge is -2.54. The van der Waals surface area contributed by atoms with Crippen LogP contribution in [0, 0.1) is 35.1 Å². The Bertz CT molecular complexity index is 1990. The van der Waals surface area contributed by atoms with Crippen LogP contribution < -0.4 is 41.3 Å². The van der Waals surface area contributed by atoms with Gasteiger partial charge >= 0.3 is 0 Å². The first kappa shape index (κ1) is 37.8. The highest BCUT2D eigenvalue weighted by Gasteiger charge is 2.57. The van der Waals surface area contributed by atoms with Crippen LogP contribution in [0.3, 0.4) is 0 Å². The summed E-state index contributed by atoms with van der Waals surface area (Å²) in [6, 6.07) is 38.8. The van der Waals surface area contributed by atoms with Gasteiger partial charge in [-0.15, -0.1) is 0 Å². The molecular formula is C46H42F4O2P2. The van der Waals surface area contributed by atoms with Crippen LogP contribution in [0.2, 0.25) is 0 Å². The minimum absolute atomic E-state index is 0. The van der Waals surface area contributed by atoms with E-state index in [1.54, 1.807) is 0 Å². The molecule has 0 bridgehead atoms. The molecule has 54 heavy (non-hydrogen) atoms. The fraction of sp³-hybridized carbons (Fsp3) is 0.217. The van der Waals surface area contributed by atoms with Gasteiger partial charge in [-0.25, -0.2) is 17.6 Å². The first-order chi connectivity index (χ1) is 25.4. The van der Waals surface area contributed by atoms with Crippen molar-refractivity contribution in [1.29, 1.82) is 0 Å². The average molecular weight is 765 g/mol. The van der Waals surface area contributed by atoms with E-state index >= 15 is 0 Å². The highest BCUT2D eigenvalue weighted by atomic mass is 31.1. The predicted molar refractivity (Wildman–Crippen MR) is 216 cm³/mol. The van der Waals surface area contributed by atoms with Gasteiger partial charge in [-0.05, 0) is 122 Å². The monoisotopic (exact) mass is 764 g/mol. The van der Waals surface area contributed by atoms with Crippen molar-refractivity contribution in [3.63, 3.8) is 0 Å². The fourth-order valence-electron chi connectivity index (χ4n) is 8.31. The normalized spacial score (nSPS) is 19.5. The molecule has 3 aliphatic rings. The number of rotatable bonds is 6. The summed E-state index contributed by atoms with van der Waals surface area (Å²) in [7, 11) is -2.49. The molecule has 6 aromatic carbocycles. The third-order valence-corrected chi connectivity index (χ3v) is 15.6. The molecule has 0 N–H and O–H groups in total. The van der Waals surface area contributed by atoms with E-state index in [9.17, 15) is 17.6 Å². The van der Waals surface area contributed by atoms with E-state index in [1.165, 1.54) is 48.5 Å². The standard InChI is InChI=1S/C44H34F4O2P2.2CH4/c45-32-10-18-36(19-11-32)51(37-20-12-33(46)13-21-37)40-8-1-4-28-26-30-6-3-7-31-27-29-5-2-9-41(43(29)50-44(30,31)49-42(28)40)52(38-22-14-34(47)15-23-38)39-24-16-35(48)17-25-39;;/h1-2,4-5,8-25,30-31H,3,6-7,26-27H2;2*1H4/t30-,31-,44?;;/m1../s1. The molecule has 0 amide bonds. The summed E-state index contributed by atoms with van der Waals surface area (Å²) in [5, 5.41) is 5.68. The van der Waals surface area contributed by atoms with Crippen molar-refractivity contribution < 1.29 is 27.0 Å². The van der Waals surface area contributed by atoms with Gasteiger partial charge in [0.1, 0.15) is 34.8 Å². The summed E-state index contributed by atoms with van der Waals surface area (Å²) in [5.41, 5.74) is 2.21. The molecule has 1 fully saturated rings. The predicted octanol–water partition coefficient (Wildman–Crippen LogP) is 9.71. The second-order valence-corrected chi connectivity index (χ2v) is 18.1. The molecule has 2 aliphatic heterocycles. The van der Waals surface area contributed by atoms with Crippen LogP contribution in [0.4, 0.5) is 17.6 Å². The molecule has 2 nitrogen and oxygen atoms in total. The minimum Gasteiger partial charge on any atom is -0.451 e. The quantitative estimate of drug-likeness (QED) is 0.124. The molecule has 0 unspecified atom stereocenters. The van der Waals surface area contributed by atoms with Crippen LogP contribution in [0.1, 0.15) is 45.2 Å². The van der Waals surface area contributed by atoms with Gasteiger partial charge in [-0.2, -0.15) is 0 Å². The van der Waals surface area contributed by atoms with E-state index in [1.807, 2.05) is 48.5 Å². The summed E-state index contributed by atoms with van der Waals surface area (Å²) >= 11 is 0. The number of ether oxygens (including phenoxy) is 2. The number of benzene rings is 6. The van der Waals surface area contributed by atoms with E-state index in [0.717, 1.165) is 86.6 Å². The molecule has 276 valence electrons. The zero-order valence-electron chi connectivity index (χ0n) is 28.1. The van der Waals surface area contributed by atoms with Gasteiger partial charge in [0.05, 0.1) is 0 Å². The summed E-state index contributed by atoms with van der Waals surface area (Å²) in [5.74, 6) is -0.448. The number of hydrogen-bond donors (Lipinski definition) is 0. The van der Waals surface area contributed by atoms with Gasteiger partial charge in [0.2, 0.25) is 0 Å². The first-order valence-electron chi connectivity index (χ1n) is 17.6. The topological polar surface area (TPSA) is 18.5 Å². The van der Waals surface area contributed by atoms with E-state index in [-0.39, 0.29) is 50.0 Å². The maximum atomic E-state index is 14.2. The molecule has 0 saturated heterocycles. The van der Waals surface area contributed by atoms with Crippen molar-refractivity contribution in [2.75, 3.05) is 0 Å². The van der Waals surface area contributed by atoms with Crippen molar-refractivity contribution >= 4 is 47.7 Å². The molecule has 1 saturated carbocycles. The highest BCUT2D eigenvalue weighted by molar-refractivity contribution is 7.80. The van der Waals surface area contributed by atoms with Crippen LogP contribution in [0.15, 0.2) is 133 Å². The van der Waals surface area contributed by atoms with Gasteiger partial charge < -0.3 is 9.47 Å². The number of hydrogen-bond acceptors (Lipinski definition) is 2. The van der Waals surface area contributed by atoms with Crippen LogP contribution in [0.25, 0.3) is 0 Å². The maximum absolute atomic E-state index is 14.2. The Morgan fingerprint density at radius 3 is 1.07 bits per heavy atom. The Hall–Kier alpha value is -4.50. The highest BCUT2D eigenvalue weighted by Crippen LogP contribution is 2.55. The SMILES string of the molecule is C.C.Fc1ccc(P(c2ccc(F)cc2)c2cccc3c2OC24Oc5c(cccc5P(c5ccc(F)cc5)c5ccc(F)cc5)C[C@H]2CCC[C@@H]4C3)cc1. The second-order valence-electron chi connectivity index (χ2n) is 13.8. The van der Waals surface area contributed by atoms with Crippen LogP contribution in [0.5, 0.6) is 11.5 Å². The third-order valence-electron chi connectivity index (χ3n) is 10.7. The maximum Gasteiger partial charge on any atom is 0.257 e. The lowest BCUT2D eigenvalue weighted by atomic mass is 9.68. The molecule has 6 aromatic rings. The van der Waals surface area contributed by atoms with Crippen molar-refractivity contribution in [3.8, 4) is 11.5 Å². The van der Waals surface area contributed by atoms with E-state index in [0.29, 0.717) is 0 Å². The number of para-hydroxylation sites is 2. The van der Waals surface area contributed by atoms with Crippen LogP contribution >= 0.6 is 15.8 Å². The lowest BCUT2D eigenvalue weighted by molar-refractivity contribution is -0.225. The Balaban J connectivity index is 0.00000225. The molecular weight excluding hydrogens is 722 g/mol. The van der Waals surface area contributed by atoms with Gasteiger partial charge in [0.25, 0.3) is 5.79 Å². The number of halogens is 4. The Kier molecular flexibility index (Phi) is 10.7. The smallest absolute Gasteiger partial charge is 0.257 e. The van der Waals surface area contributed by atoms with Gasteiger partial charge in [-0.3, -0.25) is 0 Å². The second kappa shape index (κ2) is 15.3. The van der Waals surface area contributed by atoms with Gasteiger partial charge in [0, 0.05) is 22.4 Å². The zero-order chi connectivity index (χ0) is 35.4. The van der Waals surface area contributed by atoms with Crippen molar-refractivity contribution in [1.82, 2.24) is 0 Å². The Morgan fingerprint density at radius 1 is 0.444 bits per heavy atom. The summed E-state index contributed by atoms with van der Waals surface area (Å²) in [4.78, 5) is 0. The largest absolute Gasteiger partial charge is 0.451 e. The van der Waals surface area contributed by atoms with E-state index < -0.39 is 21.6 Å². The lowest BCUT2D eigenvalue weighted by Crippen LogP contribution is -2.62. The minimum atomic E-state index is -1.25. The molecule has 8 heteroatoms.